The average molecular weight is 295 g/mol. The van der Waals surface area contributed by atoms with E-state index in [0.29, 0.717) is 12.1 Å². The van der Waals surface area contributed by atoms with Crippen LogP contribution < -0.4 is 0 Å². The summed E-state index contributed by atoms with van der Waals surface area (Å²) >= 11 is 6.62. The Labute approximate surface area is 126 Å². The number of hydrogen-bond acceptors (Lipinski definition) is 3. The summed E-state index contributed by atoms with van der Waals surface area (Å²) in [6.07, 6.45) is 0.703. The molecule has 0 saturated heterocycles. The maximum absolute atomic E-state index is 6.62. The van der Waals surface area contributed by atoms with Gasteiger partial charge in [0.05, 0.1) is 10.5 Å². The summed E-state index contributed by atoms with van der Waals surface area (Å²) in [5.41, 5.74) is 3.76. The zero-order valence-corrected chi connectivity index (χ0v) is 11.8. The second-order valence-corrected chi connectivity index (χ2v) is 5.26. The molecule has 0 spiro atoms. The Hall–Kier alpha value is -2.46. The quantitative estimate of drug-likeness (QED) is 0.568. The Morgan fingerprint density at radius 1 is 0.952 bits per heavy atom. The Kier molecular flexibility index (Phi) is 2.82. The lowest BCUT2D eigenvalue weighted by molar-refractivity contribution is 0.841. The molecule has 2 aromatic heterocycles. The first kappa shape index (κ1) is 12.3. The molecule has 0 saturated carbocycles. The fourth-order valence-electron chi connectivity index (χ4n) is 2.60. The summed E-state index contributed by atoms with van der Waals surface area (Å²) in [5.74, 6) is 0. The van der Waals surface area contributed by atoms with Crippen LogP contribution in [-0.4, -0.2) is 20.0 Å². The van der Waals surface area contributed by atoms with Gasteiger partial charge < -0.3 is 0 Å². The van der Waals surface area contributed by atoms with Gasteiger partial charge in [-0.15, -0.1) is 5.10 Å². The van der Waals surface area contributed by atoms with Crippen molar-refractivity contribution < 1.29 is 0 Å². The summed E-state index contributed by atoms with van der Waals surface area (Å²) in [6, 6.07) is 18.1. The highest BCUT2D eigenvalue weighted by molar-refractivity contribution is 6.36. The highest BCUT2D eigenvalue weighted by atomic mass is 35.5. The minimum Gasteiger partial charge on any atom is -0.192 e. The van der Waals surface area contributed by atoms with E-state index in [1.807, 2.05) is 42.5 Å². The molecule has 0 bridgehead atoms. The van der Waals surface area contributed by atoms with Crippen molar-refractivity contribution in [2.45, 2.75) is 6.42 Å². The van der Waals surface area contributed by atoms with E-state index < -0.39 is 0 Å². The largest absolute Gasteiger partial charge is 0.192 e. The number of halogens is 1. The molecule has 5 heteroatoms. The first-order chi connectivity index (χ1) is 10.3. The molecule has 21 heavy (non-hydrogen) atoms. The number of rotatable bonds is 2. The highest BCUT2D eigenvalue weighted by Gasteiger charge is 2.15. The molecule has 4 rings (SSSR count). The minimum absolute atomic E-state index is 0.703. The molecule has 0 aliphatic carbocycles. The van der Waals surface area contributed by atoms with Crippen molar-refractivity contribution >= 4 is 28.2 Å². The van der Waals surface area contributed by atoms with Gasteiger partial charge in [-0.2, -0.15) is 4.52 Å². The summed E-state index contributed by atoms with van der Waals surface area (Å²) in [4.78, 5) is 0. The van der Waals surface area contributed by atoms with Gasteiger partial charge in [0.1, 0.15) is 0 Å². The smallest absolute Gasteiger partial charge is 0.184 e. The minimum atomic E-state index is 0.703. The van der Waals surface area contributed by atoms with Gasteiger partial charge in [0, 0.05) is 17.4 Å². The predicted molar refractivity (Wildman–Crippen MR) is 82.5 cm³/mol. The van der Waals surface area contributed by atoms with Crippen LogP contribution in [0, 0.1) is 0 Å². The SMILES string of the molecule is Clc1c(Cc2ccccc2)c2nnnn2c2ccccc12. The van der Waals surface area contributed by atoms with E-state index in [2.05, 4.69) is 27.7 Å². The Bertz CT molecular complexity index is 931. The predicted octanol–water partition coefficient (Wildman–Crippen LogP) is 3.52. The Balaban J connectivity index is 2.02. The van der Waals surface area contributed by atoms with Crippen LogP contribution in [0.5, 0.6) is 0 Å². The van der Waals surface area contributed by atoms with Crippen molar-refractivity contribution in [3.63, 3.8) is 0 Å². The third kappa shape index (κ3) is 1.96. The van der Waals surface area contributed by atoms with E-state index in [1.165, 1.54) is 5.56 Å². The van der Waals surface area contributed by atoms with Crippen molar-refractivity contribution in [1.82, 2.24) is 20.0 Å². The highest BCUT2D eigenvalue weighted by Crippen LogP contribution is 2.31. The van der Waals surface area contributed by atoms with Gasteiger partial charge in [0.25, 0.3) is 0 Å². The number of nitrogens with zero attached hydrogens (tertiary/aromatic N) is 4. The molecule has 0 aliphatic rings. The number of pyridine rings is 1. The zero-order valence-electron chi connectivity index (χ0n) is 11.1. The summed E-state index contributed by atoms with van der Waals surface area (Å²) < 4.78 is 1.75. The van der Waals surface area contributed by atoms with Crippen LogP contribution in [0.2, 0.25) is 5.02 Å². The lowest BCUT2D eigenvalue weighted by atomic mass is 10.0. The normalized spacial score (nSPS) is 11.3. The fourth-order valence-corrected chi connectivity index (χ4v) is 2.91. The van der Waals surface area contributed by atoms with E-state index in [4.69, 9.17) is 11.6 Å². The molecule has 102 valence electrons. The maximum Gasteiger partial charge on any atom is 0.184 e. The van der Waals surface area contributed by atoms with Crippen LogP contribution in [-0.2, 0) is 6.42 Å². The van der Waals surface area contributed by atoms with Crippen molar-refractivity contribution in [3.8, 4) is 0 Å². The van der Waals surface area contributed by atoms with Crippen LogP contribution >= 0.6 is 11.6 Å². The molecule has 0 aliphatic heterocycles. The van der Waals surface area contributed by atoms with E-state index >= 15 is 0 Å². The summed E-state index contributed by atoms with van der Waals surface area (Å²) in [6.45, 7) is 0. The fraction of sp³-hybridized carbons (Fsp3) is 0.0625. The molecule has 4 nitrogen and oxygen atoms in total. The van der Waals surface area contributed by atoms with Crippen LogP contribution in [0.1, 0.15) is 11.1 Å². The maximum atomic E-state index is 6.62. The van der Waals surface area contributed by atoms with Gasteiger partial charge in [-0.25, -0.2) is 0 Å². The van der Waals surface area contributed by atoms with Crippen LogP contribution in [0.3, 0.4) is 0 Å². The monoisotopic (exact) mass is 294 g/mol. The average Bonchev–Trinajstić information content (AvgIpc) is 3.02. The first-order valence-corrected chi connectivity index (χ1v) is 7.03. The lowest BCUT2D eigenvalue weighted by Crippen LogP contribution is -1.99. The molecule has 0 atom stereocenters. The second-order valence-electron chi connectivity index (χ2n) is 4.89. The van der Waals surface area contributed by atoms with Gasteiger partial charge in [-0.05, 0) is 22.1 Å². The van der Waals surface area contributed by atoms with Crippen molar-refractivity contribution in [3.05, 3.63) is 70.7 Å². The van der Waals surface area contributed by atoms with Gasteiger partial charge >= 0.3 is 0 Å². The molecule has 0 fully saturated rings. The molecule has 2 aromatic carbocycles. The third-order valence-corrected chi connectivity index (χ3v) is 4.03. The molecule has 2 heterocycles. The first-order valence-electron chi connectivity index (χ1n) is 6.65. The number of aromatic nitrogens is 4. The number of tetrazole rings is 1. The van der Waals surface area contributed by atoms with Gasteiger partial charge in [-0.1, -0.05) is 60.1 Å². The molecule has 0 radical (unpaired) electrons. The molecular weight excluding hydrogens is 284 g/mol. The number of hydrogen-bond donors (Lipinski definition) is 0. The number of benzene rings is 2. The molecule has 0 N–H and O–H groups in total. The molecule has 4 aromatic rings. The van der Waals surface area contributed by atoms with Gasteiger partial charge in [-0.3, -0.25) is 0 Å². The van der Waals surface area contributed by atoms with Crippen LogP contribution in [0.4, 0.5) is 0 Å². The van der Waals surface area contributed by atoms with E-state index in [9.17, 15) is 0 Å². The standard InChI is InChI=1S/C16H11ClN4/c17-15-12-8-4-5-9-14(12)21-16(18-19-20-21)13(15)10-11-6-2-1-3-7-11/h1-9H,10H2. The van der Waals surface area contributed by atoms with Crippen LogP contribution in [0.25, 0.3) is 16.6 Å². The molecule has 0 amide bonds. The topological polar surface area (TPSA) is 43.1 Å². The zero-order chi connectivity index (χ0) is 14.2. The molecular formula is C16H11ClN4. The Morgan fingerprint density at radius 2 is 1.71 bits per heavy atom. The molecule has 0 unspecified atom stereocenters. The third-order valence-electron chi connectivity index (χ3n) is 3.60. The Morgan fingerprint density at radius 3 is 2.57 bits per heavy atom. The van der Waals surface area contributed by atoms with Crippen molar-refractivity contribution in [1.29, 1.82) is 0 Å². The van der Waals surface area contributed by atoms with Gasteiger partial charge in [0.2, 0.25) is 0 Å². The van der Waals surface area contributed by atoms with E-state index in [-0.39, 0.29) is 0 Å². The second kappa shape index (κ2) is 4.82. The van der Waals surface area contributed by atoms with Crippen LogP contribution in [0.15, 0.2) is 54.6 Å². The van der Waals surface area contributed by atoms with Crippen molar-refractivity contribution in [2.75, 3.05) is 0 Å². The van der Waals surface area contributed by atoms with Gasteiger partial charge in [0.15, 0.2) is 5.65 Å². The number of fused-ring (bicyclic) bond motifs is 3. The van der Waals surface area contributed by atoms with Crippen molar-refractivity contribution in [2.24, 2.45) is 0 Å². The lowest BCUT2D eigenvalue weighted by Gasteiger charge is -2.09. The summed E-state index contributed by atoms with van der Waals surface area (Å²) in [5, 5.41) is 13.7. The summed E-state index contributed by atoms with van der Waals surface area (Å²) in [7, 11) is 0. The number of para-hydroxylation sites is 1. The van der Waals surface area contributed by atoms with E-state index in [0.717, 1.165) is 21.5 Å². The van der Waals surface area contributed by atoms with E-state index in [1.54, 1.807) is 4.52 Å².